The Labute approximate surface area is 155 Å². The van der Waals surface area contributed by atoms with E-state index in [1.165, 1.54) is 28.7 Å². The van der Waals surface area contributed by atoms with Gasteiger partial charge in [-0.05, 0) is 25.0 Å². The number of nitriles is 1. The normalized spacial score (nSPS) is 14.2. The van der Waals surface area contributed by atoms with Gasteiger partial charge in [0.2, 0.25) is 5.78 Å². The van der Waals surface area contributed by atoms with Gasteiger partial charge in [0.05, 0.1) is 34.8 Å². The molecule has 7 nitrogen and oxygen atoms in total. The van der Waals surface area contributed by atoms with E-state index in [-0.39, 0.29) is 28.2 Å². The molecule has 1 aromatic carbocycles. The number of hydrogen-bond donors (Lipinski definition) is 0. The summed E-state index contributed by atoms with van der Waals surface area (Å²) < 4.78 is 41.4. The molecule has 1 fully saturated rings. The Morgan fingerprint density at radius 2 is 2.04 bits per heavy atom. The maximum absolute atomic E-state index is 13.0. The lowest BCUT2D eigenvalue weighted by Crippen LogP contribution is -2.21. The summed E-state index contributed by atoms with van der Waals surface area (Å²) in [4.78, 5) is 25.5. The number of benzene rings is 1. The molecule has 28 heavy (non-hydrogen) atoms. The molecule has 0 aliphatic heterocycles. The molecule has 0 bridgehead atoms. The molecule has 1 aliphatic rings. The number of ketones is 1. The van der Waals surface area contributed by atoms with E-state index in [0.29, 0.717) is 6.07 Å². The summed E-state index contributed by atoms with van der Waals surface area (Å²) in [5.41, 5.74) is -2.21. The van der Waals surface area contributed by atoms with Crippen LogP contribution in [0.2, 0.25) is 0 Å². The summed E-state index contributed by atoms with van der Waals surface area (Å²) in [5.74, 6) is -0.652. The van der Waals surface area contributed by atoms with Gasteiger partial charge < -0.3 is 0 Å². The topological polar surface area (TPSA) is 93.6 Å². The first-order valence-corrected chi connectivity index (χ1v) is 8.33. The number of carbonyl (C=O) groups is 1. The first kappa shape index (κ1) is 17.9. The molecule has 0 spiro atoms. The van der Waals surface area contributed by atoms with Crippen molar-refractivity contribution in [1.82, 2.24) is 19.6 Å². The molecular formula is C18H12F3N5O2. The van der Waals surface area contributed by atoms with Crippen LogP contribution >= 0.6 is 0 Å². The Hall–Kier alpha value is -3.48. The van der Waals surface area contributed by atoms with E-state index < -0.39 is 28.6 Å². The highest BCUT2D eigenvalue weighted by atomic mass is 19.4. The molecule has 0 saturated heterocycles. The Morgan fingerprint density at radius 1 is 1.32 bits per heavy atom. The number of halogens is 3. The van der Waals surface area contributed by atoms with Crippen molar-refractivity contribution in [1.29, 1.82) is 5.26 Å². The molecule has 0 unspecified atom stereocenters. The summed E-state index contributed by atoms with van der Waals surface area (Å²) in [6, 6.07) is 4.10. The molecule has 3 aromatic rings. The third-order valence-electron chi connectivity index (χ3n) is 4.62. The number of aromatic nitrogens is 4. The van der Waals surface area contributed by atoms with Crippen LogP contribution in [0.3, 0.4) is 0 Å². The Bertz CT molecular complexity index is 1230. The number of nitrogens with zero attached hydrogens (tertiary/aromatic N) is 5. The molecule has 0 N–H and O–H groups in total. The smallest absolute Gasteiger partial charge is 0.287 e. The molecule has 2 aromatic heterocycles. The van der Waals surface area contributed by atoms with Gasteiger partial charge in [0, 0.05) is 12.6 Å². The first-order chi connectivity index (χ1) is 13.2. The van der Waals surface area contributed by atoms with Crippen LogP contribution in [0.25, 0.3) is 10.9 Å². The van der Waals surface area contributed by atoms with Gasteiger partial charge in [0.1, 0.15) is 5.69 Å². The van der Waals surface area contributed by atoms with Crippen molar-refractivity contribution in [2.75, 3.05) is 0 Å². The predicted octanol–water partition coefficient (Wildman–Crippen LogP) is 2.59. The van der Waals surface area contributed by atoms with E-state index in [9.17, 15) is 22.8 Å². The van der Waals surface area contributed by atoms with E-state index in [4.69, 9.17) is 5.26 Å². The van der Waals surface area contributed by atoms with Crippen LogP contribution in [-0.4, -0.2) is 25.3 Å². The summed E-state index contributed by atoms with van der Waals surface area (Å²) in [6.45, 7) is 0. The highest BCUT2D eigenvalue weighted by Gasteiger charge is 2.34. The highest BCUT2D eigenvalue weighted by molar-refractivity contribution is 6.14. The lowest BCUT2D eigenvalue weighted by molar-refractivity contribution is -0.137. The number of rotatable bonds is 3. The standard InChI is InChI=1S/C18H12F3N5O2/c1-25-15(12-8-23-26(11-3-4-11)17(28)14(12)24-25)16(27)9-2-5-13(18(19,20)21)10(6-9)7-22/h2,5-6,8,11H,3-4H2,1H3. The Kier molecular flexibility index (Phi) is 3.85. The number of fused-ring (bicyclic) bond motifs is 1. The third kappa shape index (κ3) is 2.76. The molecule has 0 atom stereocenters. The number of hydrogen-bond acceptors (Lipinski definition) is 5. The Balaban J connectivity index is 1.84. The van der Waals surface area contributed by atoms with E-state index in [1.54, 1.807) is 0 Å². The lowest BCUT2D eigenvalue weighted by Gasteiger charge is -2.10. The average molecular weight is 387 g/mol. The van der Waals surface area contributed by atoms with Gasteiger partial charge >= 0.3 is 6.18 Å². The van der Waals surface area contributed by atoms with Gasteiger partial charge in [-0.2, -0.15) is 28.6 Å². The summed E-state index contributed by atoms with van der Waals surface area (Å²) in [6.07, 6.45) is -1.65. The average Bonchev–Trinajstić information content (AvgIpc) is 3.42. The SMILES string of the molecule is Cn1nc2c(=O)n(C3CC3)ncc2c1C(=O)c1ccc(C(F)(F)F)c(C#N)c1. The van der Waals surface area contributed by atoms with Crippen molar-refractivity contribution in [3.63, 3.8) is 0 Å². The van der Waals surface area contributed by atoms with E-state index >= 15 is 0 Å². The predicted molar refractivity (Wildman–Crippen MR) is 90.6 cm³/mol. The van der Waals surface area contributed by atoms with Gasteiger partial charge in [-0.3, -0.25) is 14.3 Å². The number of aryl methyl sites for hydroxylation is 1. The van der Waals surface area contributed by atoms with Crippen molar-refractivity contribution >= 4 is 16.7 Å². The van der Waals surface area contributed by atoms with E-state index in [1.807, 2.05) is 0 Å². The summed E-state index contributed by atoms with van der Waals surface area (Å²) >= 11 is 0. The summed E-state index contributed by atoms with van der Waals surface area (Å²) in [5, 5.41) is 17.5. The van der Waals surface area contributed by atoms with Gasteiger partial charge in [0.15, 0.2) is 5.52 Å². The molecule has 4 rings (SSSR count). The second kappa shape index (κ2) is 6.02. The summed E-state index contributed by atoms with van der Waals surface area (Å²) in [7, 11) is 1.46. The zero-order valence-corrected chi connectivity index (χ0v) is 14.5. The zero-order chi connectivity index (χ0) is 20.2. The van der Waals surface area contributed by atoms with Crippen molar-refractivity contribution in [3.05, 3.63) is 57.1 Å². The Morgan fingerprint density at radius 3 is 2.64 bits per heavy atom. The van der Waals surface area contributed by atoms with E-state index in [0.717, 1.165) is 25.0 Å². The molecular weight excluding hydrogens is 375 g/mol. The second-order valence-corrected chi connectivity index (χ2v) is 6.56. The fraction of sp³-hybridized carbons (Fsp3) is 0.278. The molecule has 2 heterocycles. The molecule has 10 heteroatoms. The molecule has 142 valence electrons. The van der Waals surface area contributed by atoms with Crippen LogP contribution < -0.4 is 5.56 Å². The van der Waals surface area contributed by atoms with Crippen LogP contribution in [-0.2, 0) is 13.2 Å². The number of alkyl halides is 3. The zero-order valence-electron chi connectivity index (χ0n) is 14.5. The van der Waals surface area contributed by atoms with Crippen LogP contribution in [0.1, 0.15) is 46.1 Å². The monoisotopic (exact) mass is 387 g/mol. The van der Waals surface area contributed by atoms with E-state index in [2.05, 4.69) is 10.2 Å². The molecule has 0 amide bonds. The highest BCUT2D eigenvalue weighted by Crippen LogP contribution is 2.34. The molecule has 0 radical (unpaired) electrons. The first-order valence-electron chi connectivity index (χ1n) is 8.33. The number of carbonyl (C=O) groups excluding carboxylic acids is 1. The molecule has 1 aliphatic carbocycles. The van der Waals surface area contributed by atoms with Crippen molar-refractivity contribution in [3.8, 4) is 6.07 Å². The van der Waals surface area contributed by atoms with Crippen LogP contribution in [0.4, 0.5) is 13.2 Å². The van der Waals surface area contributed by atoms with Crippen molar-refractivity contribution < 1.29 is 18.0 Å². The van der Waals surface area contributed by atoms with Gasteiger partial charge in [-0.15, -0.1) is 0 Å². The van der Waals surface area contributed by atoms with Crippen LogP contribution in [0.5, 0.6) is 0 Å². The largest absolute Gasteiger partial charge is 0.417 e. The van der Waals surface area contributed by atoms with Crippen molar-refractivity contribution in [2.24, 2.45) is 7.05 Å². The maximum atomic E-state index is 13.0. The van der Waals surface area contributed by atoms with Crippen LogP contribution in [0.15, 0.2) is 29.2 Å². The van der Waals surface area contributed by atoms with Gasteiger partial charge in [-0.25, -0.2) is 4.68 Å². The van der Waals surface area contributed by atoms with Gasteiger partial charge in [0.25, 0.3) is 5.56 Å². The maximum Gasteiger partial charge on any atom is 0.417 e. The second-order valence-electron chi connectivity index (χ2n) is 6.56. The minimum absolute atomic E-state index is 0.0196. The molecule has 1 saturated carbocycles. The van der Waals surface area contributed by atoms with Crippen LogP contribution in [0, 0.1) is 11.3 Å². The minimum atomic E-state index is -4.70. The quantitative estimate of drug-likeness (QED) is 0.644. The fourth-order valence-corrected chi connectivity index (χ4v) is 3.11. The minimum Gasteiger partial charge on any atom is -0.287 e. The fourth-order valence-electron chi connectivity index (χ4n) is 3.11. The third-order valence-corrected chi connectivity index (χ3v) is 4.62. The van der Waals surface area contributed by atoms with Gasteiger partial charge in [-0.1, -0.05) is 6.07 Å². The lowest BCUT2D eigenvalue weighted by atomic mass is 10.00. The van der Waals surface area contributed by atoms with Crippen molar-refractivity contribution in [2.45, 2.75) is 25.1 Å².